The standard InChI is InChI=1S/C17H18FN5O/c1-2-23-9-12(8-21-23)15-10-22(6-7-24-15)17-13-4-3-5-14(18)16(13)19-11-20-17/h3-5,8-9,11,15H,2,6-7,10H2,1H3. The second-order valence-electron chi connectivity index (χ2n) is 5.77. The van der Waals surface area contributed by atoms with Crippen molar-refractivity contribution in [3.05, 3.63) is 48.3 Å². The lowest BCUT2D eigenvalue weighted by Crippen LogP contribution is -2.39. The number of halogens is 1. The number of ether oxygens (including phenoxy) is 1. The Kier molecular flexibility index (Phi) is 3.86. The summed E-state index contributed by atoms with van der Waals surface area (Å²) in [4.78, 5) is 10.6. The average Bonchev–Trinajstić information content (AvgIpc) is 3.11. The summed E-state index contributed by atoms with van der Waals surface area (Å²) in [5.41, 5.74) is 1.40. The van der Waals surface area contributed by atoms with E-state index in [1.165, 1.54) is 12.4 Å². The van der Waals surface area contributed by atoms with Gasteiger partial charge in [0, 0.05) is 36.8 Å². The third kappa shape index (κ3) is 2.60. The van der Waals surface area contributed by atoms with Crippen LogP contribution >= 0.6 is 0 Å². The molecule has 0 amide bonds. The summed E-state index contributed by atoms with van der Waals surface area (Å²) >= 11 is 0. The van der Waals surface area contributed by atoms with Crippen LogP contribution in [-0.2, 0) is 11.3 Å². The van der Waals surface area contributed by atoms with E-state index in [0.717, 1.165) is 23.3 Å². The van der Waals surface area contributed by atoms with Gasteiger partial charge in [0.1, 0.15) is 29.6 Å². The monoisotopic (exact) mass is 327 g/mol. The third-order valence-electron chi connectivity index (χ3n) is 4.31. The van der Waals surface area contributed by atoms with Crippen LogP contribution in [0.1, 0.15) is 18.6 Å². The molecular weight excluding hydrogens is 309 g/mol. The predicted octanol–water partition coefficient (Wildman–Crippen LogP) is 2.56. The minimum absolute atomic E-state index is 0.0716. The molecule has 0 bridgehead atoms. The van der Waals surface area contributed by atoms with E-state index in [1.807, 2.05) is 30.1 Å². The Bertz CT molecular complexity index is 865. The Labute approximate surface area is 138 Å². The maximum absolute atomic E-state index is 14.0. The molecule has 0 spiro atoms. The number of rotatable bonds is 3. The molecular formula is C17H18FN5O. The van der Waals surface area contributed by atoms with Crippen LogP contribution in [0, 0.1) is 5.82 Å². The number of nitrogens with zero attached hydrogens (tertiary/aromatic N) is 5. The number of anilines is 1. The maximum atomic E-state index is 14.0. The Balaban J connectivity index is 1.66. The first-order chi connectivity index (χ1) is 11.8. The number of aryl methyl sites for hydroxylation is 1. The molecule has 6 nitrogen and oxygen atoms in total. The number of hydrogen-bond acceptors (Lipinski definition) is 5. The number of fused-ring (bicyclic) bond motifs is 1. The molecule has 7 heteroatoms. The van der Waals surface area contributed by atoms with Gasteiger partial charge in [-0.15, -0.1) is 0 Å². The highest BCUT2D eigenvalue weighted by atomic mass is 19.1. The lowest BCUT2D eigenvalue weighted by Gasteiger charge is -2.33. The number of benzene rings is 1. The first-order valence-electron chi connectivity index (χ1n) is 8.04. The van der Waals surface area contributed by atoms with Gasteiger partial charge >= 0.3 is 0 Å². The molecule has 0 aliphatic carbocycles. The Morgan fingerprint density at radius 2 is 2.25 bits per heavy atom. The summed E-state index contributed by atoms with van der Waals surface area (Å²) in [6.07, 6.45) is 5.19. The zero-order valence-electron chi connectivity index (χ0n) is 13.4. The molecule has 1 saturated heterocycles. The topological polar surface area (TPSA) is 56.1 Å². The summed E-state index contributed by atoms with van der Waals surface area (Å²) in [5.74, 6) is 0.417. The van der Waals surface area contributed by atoms with Crippen molar-refractivity contribution in [2.45, 2.75) is 19.6 Å². The molecule has 4 rings (SSSR count). The van der Waals surface area contributed by atoms with Crippen LogP contribution in [0.5, 0.6) is 0 Å². The van der Waals surface area contributed by atoms with Crippen LogP contribution in [0.2, 0.25) is 0 Å². The van der Waals surface area contributed by atoms with Crippen LogP contribution in [0.4, 0.5) is 10.2 Å². The molecule has 124 valence electrons. The van der Waals surface area contributed by atoms with Crippen molar-refractivity contribution in [3.63, 3.8) is 0 Å². The molecule has 2 aromatic heterocycles. The van der Waals surface area contributed by atoms with Crippen LogP contribution < -0.4 is 4.90 Å². The van der Waals surface area contributed by atoms with Gasteiger partial charge in [-0.3, -0.25) is 4.68 Å². The molecule has 0 N–H and O–H groups in total. The van der Waals surface area contributed by atoms with Crippen molar-refractivity contribution in [3.8, 4) is 0 Å². The highest BCUT2D eigenvalue weighted by molar-refractivity contribution is 5.89. The number of hydrogen-bond donors (Lipinski definition) is 0. The predicted molar refractivity (Wildman–Crippen MR) is 88.3 cm³/mol. The van der Waals surface area contributed by atoms with Crippen LogP contribution in [0.3, 0.4) is 0 Å². The first kappa shape index (κ1) is 15.0. The van der Waals surface area contributed by atoms with Crippen LogP contribution in [0.25, 0.3) is 10.9 Å². The normalized spacial score (nSPS) is 18.2. The Hall–Kier alpha value is -2.54. The van der Waals surface area contributed by atoms with Gasteiger partial charge in [0.2, 0.25) is 0 Å². The van der Waals surface area contributed by atoms with Crippen molar-refractivity contribution in [2.24, 2.45) is 0 Å². The first-order valence-corrected chi connectivity index (χ1v) is 8.04. The van der Waals surface area contributed by atoms with Crippen molar-refractivity contribution in [2.75, 3.05) is 24.6 Å². The van der Waals surface area contributed by atoms with Gasteiger partial charge in [0.05, 0.1) is 12.8 Å². The largest absolute Gasteiger partial charge is 0.370 e. The third-order valence-corrected chi connectivity index (χ3v) is 4.31. The van der Waals surface area contributed by atoms with E-state index in [9.17, 15) is 4.39 Å². The van der Waals surface area contributed by atoms with E-state index in [4.69, 9.17) is 4.74 Å². The molecule has 3 heterocycles. The zero-order valence-corrected chi connectivity index (χ0v) is 13.4. The number of morpholine rings is 1. The lowest BCUT2D eigenvalue weighted by atomic mass is 10.1. The summed E-state index contributed by atoms with van der Waals surface area (Å²) < 4.78 is 21.8. The molecule has 1 aliphatic rings. The van der Waals surface area contributed by atoms with Crippen molar-refractivity contribution in [1.29, 1.82) is 0 Å². The molecule has 24 heavy (non-hydrogen) atoms. The molecule has 0 radical (unpaired) electrons. The van der Waals surface area contributed by atoms with E-state index in [-0.39, 0.29) is 11.9 Å². The highest BCUT2D eigenvalue weighted by Crippen LogP contribution is 2.29. The highest BCUT2D eigenvalue weighted by Gasteiger charge is 2.25. The summed E-state index contributed by atoms with van der Waals surface area (Å²) in [7, 11) is 0. The minimum Gasteiger partial charge on any atom is -0.370 e. The van der Waals surface area contributed by atoms with Gasteiger partial charge in [0.15, 0.2) is 0 Å². The fraction of sp³-hybridized carbons (Fsp3) is 0.353. The quantitative estimate of drug-likeness (QED) is 0.740. The van der Waals surface area contributed by atoms with E-state index < -0.39 is 0 Å². The molecule has 1 atom stereocenters. The fourth-order valence-electron chi connectivity index (χ4n) is 3.05. The van der Waals surface area contributed by atoms with Gasteiger partial charge in [-0.25, -0.2) is 14.4 Å². The molecule has 1 aliphatic heterocycles. The fourth-order valence-corrected chi connectivity index (χ4v) is 3.05. The van der Waals surface area contributed by atoms with Crippen molar-refractivity contribution >= 4 is 16.7 Å². The van der Waals surface area contributed by atoms with Gasteiger partial charge in [-0.2, -0.15) is 5.10 Å². The number of para-hydroxylation sites is 1. The van der Waals surface area contributed by atoms with Gasteiger partial charge in [0.25, 0.3) is 0 Å². The van der Waals surface area contributed by atoms with Gasteiger partial charge in [-0.1, -0.05) is 6.07 Å². The second-order valence-corrected chi connectivity index (χ2v) is 5.77. The smallest absolute Gasteiger partial charge is 0.149 e. The molecule has 3 aromatic rings. The molecule has 1 unspecified atom stereocenters. The van der Waals surface area contributed by atoms with E-state index in [1.54, 1.807) is 6.07 Å². The van der Waals surface area contributed by atoms with E-state index in [0.29, 0.717) is 25.2 Å². The lowest BCUT2D eigenvalue weighted by molar-refractivity contribution is 0.0395. The average molecular weight is 327 g/mol. The number of aromatic nitrogens is 4. The second kappa shape index (κ2) is 6.16. The van der Waals surface area contributed by atoms with Crippen LogP contribution in [0.15, 0.2) is 36.9 Å². The molecule has 1 fully saturated rings. The van der Waals surface area contributed by atoms with E-state index >= 15 is 0 Å². The van der Waals surface area contributed by atoms with E-state index in [2.05, 4.69) is 20.0 Å². The minimum atomic E-state index is -0.329. The summed E-state index contributed by atoms with van der Waals surface area (Å²) in [6, 6.07) is 4.96. The van der Waals surface area contributed by atoms with Gasteiger partial charge in [-0.05, 0) is 19.1 Å². The van der Waals surface area contributed by atoms with Gasteiger partial charge < -0.3 is 9.64 Å². The van der Waals surface area contributed by atoms with Crippen molar-refractivity contribution < 1.29 is 9.13 Å². The molecule has 1 aromatic carbocycles. The molecule has 0 saturated carbocycles. The summed E-state index contributed by atoms with van der Waals surface area (Å²) in [6.45, 7) is 4.82. The Morgan fingerprint density at radius 1 is 1.33 bits per heavy atom. The van der Waals surface area contributed by atoms with Crippen LogP contribution in [-0.4, -0.2) is 39.4 Å². The maximum Gasteiger partial charge on any atom is 0.149 e. The van der Waals surface area contributed by atoms with Crippen molar-refractivity contribution in [1.82, 2.24) is 19.7 Å². The zero-order chi connectivity index (χ0) is 16.5. The SMILES string of the molecule is CCn1cc(C2CN(c3ncnc4c(F)cccc34)CCO2)cn1. The summed E-state index contributed by atoms with van der Waals surface area (Å²) in [5, 5.41) is 5.04. The Morgan fingerprint density at radius 3 is 3.08 bits per heavy atom.